The average molecular weight is 188 g/mol. The molecule has 2 nitrogen and oxygen atoms in total. The topological polar surface area (TPSA) is 52.0 Å². The van der Waals surface area contributed by atoms with Gasteiger partial charge in [0.25, 0.3) is 0 Å². The Bertz CT molecular complexity index is 140. The molecular formula is C9H20N2S. The molecule has 4 N–H and O–H groups in total. The van der Waals surface area contributed by atoms with Crippen LogP contribution in [0.3, 0.4) is 0 Å². The third kappa shape index (κ3) is 2.64. The third-order valence-corrected chi connectivity index (χ3v) is 3.46. The van der Waals surface area contributed by atoms with Crippen LogP contribution >= 0.6 is 11.8 Å². The van der Waals surface area contributed by atoms with Gasteiger partial charge in [0.05, 0.1) is 5.66 Å². The second-order valence-corrected chi connectivity index (χ2v) is 7.62. The number of thioether (sulfide) groups is 1. The lowest BCUT2D eigenvalue weighted by Gasteiger charge is -2.48. The monoisotopic (exact) mass is 188 g/mol. The van der Waals surface area contributed by atoms with Crippen LogP contribution in [0.5, 0.6) is 0 Å². The van der Waals surface area contributed by atoms with E-state index in [-0.39, 0.29) is 9.49 Å². The zero-order valence-corrected chi connectivity index (χ0v) is 9.29. The molecule has 0 aromatic heterocycles. The van der Waals surface area contributed by atoms with Crippen molar-refractivity contribution in [3.05, 3.63) is 0 Å². The van der Waals surface area contributed by atoms with Gasteiger partial charge in [0.15, 0.2) is 0 Å². The SMILES string of the molecule is CC1(C)CC(N)(N)CC(C)(C)S1. The van der Waals surface area contributed by atoms with E-state index in [0.29, 0.717) is 0 Å². The second-order valence-electron chi connectivity index (χ2n) is 5.21. The first-order chi connectivity index (χ1) is 5.12. The van der Waals surface area contributed by atoms with Crippen molar-refractivity contribution in [2.24, 2.45) is 11.5 Å². The molecule has 1 saturated heterocycles. The number of nitrogens with two attached hydrogens (primary N) is 2. The van der Waals surface area contributed by atoms with E-state index in [2.05, 4.69) is 27.7 Å². The molecule has 1 aliphatic heterocycles. The minimum atomic E-state index is -0.474. The summed E-state index contributed by atoms with van der Waals surface area (Å²) in [5.74, 6) is 0. The van der Waals surface area contributed by atoms with E-state index >= 15 is 0 Å². The summed E-state index contributed by atoms with van der Waals surface area (Å²) in [5, 5.41) is 0. The van der Waals surface area contributed by atoms with Gasteiger partial charge in [0.1, 0.15) is 0 Å². The van der Waals surface area contributed by atoms with Crippen LogP contribution < -0.4 is 11.5 Å². The molecule has 72 valence electrons. The van der Waals surface area contributed by atoms with E-state index in [4.69, 9.17) is 11.5 Å². The molecule has 1 aliphatic rings. The van der Waals surface area contributed by atoms with Gasteiger partial charge in [-0.3, -0.25) is 0 Å². The first-order valence-corrected chi connectivity index (χ1v) is 5.22. The smallest absolute Gasteiger partial charge is 0.0663 e. The van der Waals surface area contributed by atoms with Crippen LogP contribution in [0.2, 0.25) is 0 Å². The first kappa shape index (κ1) is 10.4. The molecule has 0 saturated carbocycles. The van der Waals surface area contributed by atoms with Crippen LogP contribution in [0, 0.1) is 0 Å². The highest BCUT2D eigenvalue weighted by Crippen LogP contribution is 2.48. The zero-order valence-electron chi connectivity index (χ0n) is 8.48. The lowest BCUT2D eigenvalue weighted by Crippen LogP contribution is -2.59. The Morgan fingerprint density at radius 2 is 1.25 bits per heavy atom. The normalized spacial score (nSPS) is 31.5. The fraction of sp³-hybridized carbons (Fsp3) is 1.00. The Morgan fingerprint density at radius 3 is 1.50 bits per heavy atom. The molecule has 0 aromatic rings. The molecule has 3 heteroatoms. The van der Waals surface area contributed by atoms with Crippen molar-refractivity contribution in [3.63, 3.8) is 0 Å². The molecule has 0 bridgehead atoms. The molecule has 1 fully saturated rings. The van der Waals surface area contributed by atoms with Crippen LogP contribution in [0.25, 0.3) is 0 Å². The molecule has 0 atom stereocenters. The first-order valence-electron chi connectivity index (χ1n) is 4.40. The van der Waals surface area contributed by atoms with Gasteiger partial charge in [0.2, 0.25) is 0 Å². The summed E-state index contributed by atoms with van der Waals surface area (Å²) in [6, 6.07) is 0. The second kappa shape index (κ2) is 2.63. The highest BCUT2D eigenvalue weighted by molar-refractivity contribution is 8.02. The fourth-order valence-corrected chi connectivity index (χ4v) is 4.65. The Labute approximate surface area is 79.5 Å². The molecule has 1 heterocycles. The van der Waals surface area contributed by atoms with Crippen molar-refractivity contribution >= 4 is 11.8 Å². The number of hydrogen-bond acceptors (Lipinski definition) is 3. The maximum absolute atomic E-state index is 5.99. The molecule has 1 rings (SSSR count). The van der Waals surface area contributed by atoms with Crippen molar-refractivity contribution in [2.45, 2.75) is 55.7 Å². The minimum absolute atomic E-state index is 0.214. The lowest BCUT2D eigenvalue weighted by molar-refractivity contribution is 0.298. The molecular weight excluding hydrogens is 168 g/mol. The van der Waals surface area contributed by atoms with Gasteiger partial charge >= 0.3 is 0 Å². The molecule has 0 amide bonds. The molecule has 12 heavy (non-hydrogen) atoms. The predicted molar refractivity (Wildman–Crippen MR) is 56.1 cm³/mol. The average Bonchev–Trinajstić information content (AvgIpc) is 1.44. The van der Waals surface area contributed by atoms with E-state index in [1.165, 1.54) is 0 Å². The summed E-state index contributed by atoms with van der Waals surface area (Å²) >= 11 is 1.99. The number of rotatable bonds is 0. The van der Waals surface area contributed by atoms with Crippen molar-refractivity contribution < 1.29 is 0 Å². The number of hydrogen-bond donors (Lipinski definition) is 2. The van der Waals surface area contributed by atoms with E-state index in [1.807, 2.05) is 11.8 Å². The van der Waals surface area contributed by atoms with Gasteiger partial charge in [-0.1, -0.05) is 27.7 Å². The Morgan fingerprint density at radius 1 is 0.917 bits per heavy atom. The maximum Gasteiger partial charge on any atom is 0.0663 e. The summed E-state index contributed by atoms with van der Waals surface area (Å²) < 4.78 is 0.427. The Kier molecular flexibility index (Phi) is 2.27. The summed E-state index contributed by atoms with van der Waals surface area (Å²) in [6.45, 7) is 8.86. The molecule has 0 aromatic carbocycles. The summed E-state index contributed by atoms with van der Waals surface area (Å²) in [6.07, 6.45) is 1.79. The van der Waals surface area contributed by atoms with Crippen LogP contribution in [-0.2, 0) is 0 Å². The fourth-order valence-electron chi connectivity index (χ4n) is 2.47. The summed E-state index contributed by atoms with van der Waals surface area (Å²) in [4.78, 5) is 0. The quantitative estimate of drug-likeness (QED) is 0.569. The van der Waals surface area contributed by atoms with Gasteiger partial charge in [-0.2, -0.15) is 0 Å². The highest BCUT2D eigenvalue weighted by atomic mass is 32.2. The van der Waals surface area contributed by atoms with Gasteiger partial charge in [-0.25, -0.2) is 0 Å². The zero-order chi connectivity index (χ0) is 9.62. The molecule has 0 aliphatic carbocycles. The Hall–Kier alpha value is 0.270. The molecule has 0 unspecified atom stereocenters. The van der Waals surface area contributed by atoms with E-state index in [0.717, 1.165) is 12.8 Å². The molecule has 0 radical (unpaired) electrons. The van der Waals surface area contributed by atoms with Gasteiger partial charge in [0, 0.05) is 9.49 Å². The summed E-state index contributed by atoms with van der Waals surface area (Å²) in [5.41, 5.74) is 11.5. The summed E-state index contributed by atoms with van der Waals surface area (Å²) in [7, 11) is 0. The maximum atomic E-state index is 5.99. The third-order valence-electron chi connectivity index (χ3n) is 2.06. The van der Waals surface area contributed by atoms with Crippen molar-refractivity contribution in [1.82, 2.24) is 0 Å². The predicted octanol–water partition coefficient (Wildman–Crippen LogP) is 1.68. The van der Waals surface area contributed by atoms with Crippen molar-refractivity contribution in [1.29, 1.82) is 0 Å². The lowest BCUT2D eigenvalue weighted by atomic mass is 9.88. The highest BCUT2D eigenvalue weighted by Gasteiger charge is 2.43. The van der Waals surface area contributed by atoms with E-state index in [1.54, 1.807) is 0 Å². The van der Waals surface area contributed by atoms with Crippen LogP contribution in [0.15, 0.2) is 0 Å². The van der Waals surface area contributed by atoms with Crippen LogP contribution in [0.4, 0.5) is 0 Å². The largest absolute Gasteiger partial charge is 0.313 e. The Balaban J connectivity index is 2.81. The van der Waals surface area contributed by atoms with Gasteiger partial charge in [-0.05, 0) is 12.8 Å². The standard InChI is InChI=1S/C9H20N2S/c1-7(2)5-9(10,11)6-8(3,4)12-7/h5-6,10-11H2,1-4H3. The van der Waals surface area contributed by atoms with E-state index < -0.39 is 5.66 Å². The van der Waals surface area contributed by atoms with Crippen LogP contribution in [-0.4, -0.2) is 15.2 Å². The van der Waals surface area contributed by atoms with Crippen LogP contribution in [0.1, 0.15) is 40.5 Å². The van der Waals surface area contributed by atoms with E-state index in [9.17, 15) is 0 Å². The van der Waals surface area contributed by atoms with Gasteiger partial charge in [-0.15, -0.1) is 11.8 Å². The minimum Gasteiger partial charge on any atom is -0.313 e. The van der Waals surface area contributed by atoms with Crippen molar-refractivity contribution in [3.8, 4) is 0 Å². The molecule has 0 spiro atoms. The van der Waals surface area contributed by atoms with Gasteiger partial charge < -0.3 is 11.5 Å². The van der Waals surface area contributed by atoms with Crippen molar-refractivity contribution in [2.75, 3.05) is 0 Å².